The van der Waals surface area contributed by atoms with Crippen LogP contribution in [0.3, 0.4) is 0 Å². The first-order chi connectivity index (χ1) is 21.8. The minimum atomic E-state index is -0.537. The van der Waals surface area contributed by atoms with Crippen LogP contribution in [0.2, 0.25) is 0 Å². The second kappa shape index (κ2) is 15.9. The van der Waals surface area contributed by atoms with E-state index < -0.39 is 11.8 Å². The number of carbonyl (C=O) groups is 3. The van der Waals surface area contributed by atoms with Crippen LogP contribution >= 0.6 is 11.8 Å². The number of nitrogens with one attached hydrogen (secondary N) is 3. The summed E-state index contributed by atoms with van der Waals surface area (Å²) >= 11 is 1.33. The molecule has 0 aliphatic heterocycles. The first-order valence-electron chi connectivity index (χ1n) is 13.7. The van der Waals surface area contributed by atoms with E-state index >= 15 is 0 Å². The Hall–Kier alpha value is -5.42. The topological polar surface area (TPSA) is 124 Å². The maximum absolute atomic E-state index is 13.4. The number of hydrogen-bond acceptors (Lipinski definition) is 8. The molecule has 0 aliphatic carbocycles. The largest absolute Gasteiger partial charge is 0.497 e. The molecule has 0 fully saturated rings. The van der Waals surface area contributed by atoms with Crippen LogP contribution in [0.15, 0.2) is 102 Å². The van der Waals surface area contributed by atoms with Gasteiger partial charge in [-0.25, -0.2) is 0 Å². The van der Waals surface area contributed by atoms with E-state index in [0.717, 1.165) is 4.90 Å². The van der Waals surface area contributed by atoms with Crippen LogP contribution in [0.1, 0.15) is 15.9 Å². The number of ether oxygens (including phenoxy) is 4. The number of anilines is 2. The molecule has 4 rings (SSSR count). The Kier molecular flexibility index (Phi) is 11.5. The van der Waals surface area contributed by atoms with Crippen molar-refractivity contribution in [2.75, 3.05) is 44.8 Å². The zero-order valence-corrected chi connectivity index (χ0v) is 26.0. The number of methoxy groups -OCH3 is 4. The number of benzene rings is 4. The predicted molar refractivity (Wildman–Crippen MR) is 175 cm³/mol. The van der Waals surface area contributed by atoms with Crippen molar-refractivity contribution in [3.05, 3.63) is 108 Å². The van der Waals surface area contributed by atoms with E-state index in [0.29, 0.717) is 45.5 Å². The summed E-state index contributed by atoms with van der Waals surface area (Å²) in [4.78, 5) is 39.8. The van der Waals surface area contributed by atoms with Crippen LogP contribution in [0, 0.1) is 0 Å². The summed E-state index contributed by atoms with van der Waals surface area (Å²) in [7, 11) is 6.13. The quantitative estimate of drug-likeness (QED) is 0.124. The number of rotatable bonds is 13. The molecule has 10 nitrogen and oxygen atoms in total. The van der Waals surface area contributed by atoms with Crippen LogP contribution in [0.5, 0.6) is 23.0 Å². The SMILES string of the molecule is COc1ccc(/C=C(\NC(=O)c2ccccc2)C(=O)Nc2ccc(SCC(=O)Nc3ccc(OC)cc3OC)cc2)c(OC)c1. The molecule has 0 bridgehead atoms. The number of thioether (sulfide) groups is 1. The fourth-order valence-corrected chi connectivity index (χ4v) is 4.80. The van der Waals surface area contributed by atoms with Crippen molar-refractivity contribution >= 4 is 46.9 Å². The van der Waals surface area contributed by atoms with E-state index in [4.69, 9.17) is 18.9 Å². The summed E-state index contributed by atoms with van der Waals surface area (Å²) < 4.78 is 21.3. The Labute approximate surface area is 265 Å². The van der Waals surface area contributed by atoms with Crippen molar-refractivity contribution < 1.29 is 33.3 Å². The average molecular weight is 628 g/mol. The van der Waals surface area contributed by atoms with Crippen LogP contribution in [-0.4, -0.2) is 51.9 Å². The molecule has 0 heterocycles. The molecular formula is C34H33N3O7S. The summed E-state index contributed by atoms with van der Waals surface area (Å²) in [6.07, 6.45) is 1.54. The molecule has 0 saturated carbocycles. The van der Waals surface area contributed by atoms with Crippen LogP contribution < -0.4 is 34.9 Å². The smallest absolute Gasteiger partial charge is 0.272 e. The minimum Gasteiger partial charge on any atom is -0.497 e. The normalized spacial score (nSPS) is 10.8. The maximum atomic E-state index is 13.4. The molecule has 45 heavy (non-hydrogen) atoms. The molecule has 0 aliphatic rings. The van der Waals surface area contributed by atoms with Crippen molar-refractivity contribution in [3.63, 3.8) is 0 Å². The predicted octanol–water partition coefficient (Wildman–Crippen LogP) is 5.86. The molecule has 0 aromatic heterocycles. The zero-order valence-electron chi connectivity index (χ0n) is 25.2. The van der Waals surface area contributed by atoms with Crippen LogP contribution in [-0.2, 0) is 9.59 Å². The Bertz CT molecular complexity index is 1680. The Balaban J connectivity index is 1.44. The van der Waals surface area contributed by atoms with Gasteiger partial charge in [-0.2, -0.15) is 0 Å². The molecule has 4 aromatic carbocycles. The summed E-state index contributed by atoms with van der Waals surface area (Å²) in [5.41, 5.74) is 2.01. The third-order valence-corrected chi connectivity index (χ3v) is 7.45. The standard InChI is InChI=1S/C34H33N3O7S/c1-41-25-13-10-23(30(19-25)43-3)18-29(37-33(39)22-8-6-5-7-9-22)34(40)35-24-11-15-27(16-12-24)45-21-32(38)36-28-17-14-26(42-2)20-31(28)44-4/h5-20H,21H2,1-4H3,(H,35,40)(H,36,38)(H,37,39)/b29-18-. The number of hydrogen-bond donors (Lipinski definition) is 3. The number of carbonyl (C=O) groups excluding carboxylic acids is 3. The molecule has 232 valence electrons. The lowest BCUT2D eigenvalue weighted by Crippen LogP contribution is -2.30. The molecule has 4 aromatic rings. The van der Waals surface area contributed by atoms with E-state index in [1.165, 1.54) is 32.1 Å². The van der Waals surface area contributed by atoms with E-state index in [-0.39, 0.29) is 17.4 Å². The molecule has 0 saturated heterocycles. The van der Waals surface area contributed by atoms with Crippen LogP contribution in [0.25, 0.3) is 6.08 Å². The summed E-state index contributed by atoms with van der Waals surface area (Å²) in [5.74, 6) is 1.12. The maximum Gasteiger partial charge on any atom is 0.272 e. The van der Waals surface area contributed by atoms with Crippen LogP contribution in [0.4, 0.5) is 11.4 Å². The molecule has 0 unspecified atom stereocenters. The van der Waals surface area contributed by atoms with Gasteiger partial charge >= 0.3 is 0 Å². The molecular weight excluding hydrogens is 594 g/mol. The summed E-state index contributed by atoms with van der Waals surface area (Å²) in [6.45, 7) is 0. The molecule has 11 heteroatoms. The van der Waals surface area contributed by atoms with E-state index in [9.17, 15) is 14.4 Å². The van der Waals surface area contributed by atoms with Gasteiger partial charge in [0.25, 0.3) is 11.8 Å². The van der Waals surface area contributed by atoms with Crippen molar-refractivity contribution in [1.82, 2.24) is 5.32 Å². The third kappa shape index (κ3) is 9.04. The Morgan fingerprint density at radius 3 is 2.00 bits per heavy atom. The fraction of sp³-hybridized carbons (Fsp3) is 0.147. The van der Waals surface area contributed by atoms with Crippen molar-refractivity contribution in [2.45, 2.75) is 4.90 Å². The molecule has 3 amide bonds. The Morgan fingerprint density at radius 1 is 0.711 bits per heavy atom. The highest BCUT2D eigenvalue weighted by molar-refractivity contribution is 8.00. The van der Waals surface area contributed by atoms with Crippen molar-refractivity contribution in [2.24, 2.45) is 0 Å². The van der Waals surface area contributed by atoms with Gasteiger partial charge in [0.05, 0.1) is 39.9 Å². The molecule has 3 N–H and O–H groups in total. The lowest BCUT2D eigenvalue weighted by Gasteiger charge is -2.13. The highest BCUT2D eigenvalue weighted by atomic mass is 32.2. The highest BCUT2D eigenvalue weighted by Crippen LogP contribution is 2.30. The van der Waals surface area contributed by atoms with Gasteiger partial charge in [0.2, 0.25) is 5.91 Å². The van der Waals surface area contributed by atoms with E-state index in [2.05, 4.69) is 16.0 Å². The molecule has 0 atom stereocenters. The van der Waals surface area contributed by atoms with Gasteiger partial charge in [-0.05, 0) is 66.7 Å². The lowest BCUT2D eigenvalue weighted by atomic mass is 10.1. The van der Waals surface area contributed by atoms with Gasteiger partial charge in [-0.3, -0.25) is 14.4 Å². The first kappa shape index (κ1) is 32.5. The molecule has 0 spiro atoms. The highest BCUT2D eigenvalue weighted by Gasteiger charge is 2.17. The Morgan fingerprint density at radius 2 is 1.36 bits per heavy atom. The lowest BCUT2D eigenvalue weighted by molar-refractivity contribution is -0.114. The minimum absolute atomic E-state index is 0.0106. The van der Waals surface area contributed by atoms with E-state index in [1.54, 1.807) is 105 Å². The van der Waals surface area contributed by atoms with E-state index in [1.807, 2.05) is 0 Å². The van der Waals surface area contributed by atoms with Gasteiger partial charge in [-0.1, -0.05) is 18.2 Å². The zero-order chi connectivity index (χ0) is 32.2. The van der Waals surface area contributed by atoms with Gasteiger partial charge in [0.15, 0.2) is 0 Å². The van der Waals surface area contributed by atoms with Gasteiger partial charge in [0.1, 0.15) is 28.7 Å². The summed E-state index contributed by atoms with van der Waals surface area (Å²) in [5, 5.41) is 8.39. The third-order valence-electron chi connectivity index (χ3n) is 6.43. The average Bonchev–Trinajstić information content (AvgIpc) is 3.08. The second-order valence-electron chi connectivity index (χ2n) is 9.37. The second-order valence-corrected chi connectivity index (χ2v) is 10.4. The van der Waals surface area contributed by atoms with Gasteiger partial charge < -0.3 is 34.9 Å². The van der Waals surface area contributed by atoms with Gasteiger partial charge in [-0.15, -0.1) is 11.8 Å². The van der Waals surface area contributed by atoms with Crippen molar-refractivity contribution in [3.8, 4) is 23.0 Å². The molecule has 0 radical (unpaired) electrons. The first-order valence-corrected chi connectivity index (χ1v) is 14.7. The van der Waals surface area contributed by atoms with Gasteiger partial charge in [0, 0.05) is 33.8 Å². The summed E-state index contributed by atoms with van der Waals surface area (Å²) in [6, 6.07) is 25.9. The number of amides is 3. The fourth-order valence-electron chi connectivity index (χ4n) is 4.11. The monoisotopic (exact) mass is 627 g/mol. The van der Waals surface area contributed by atoms with Crippen molar-refractivity contribution in [1.29, 1.82) is 0 Å².